The number of hydrogen-bond acceptors (Lipinski definition) is 6. The summed E-state index contributed by atoms with van der Waals surface area (Å²) in [4.78, 5) is 25.0. The third-order valence-electron chi connectivity index (χ3n) is 3.90. The van der Waals surface area contributed by atoms with E-state index in [0.717, 1.165) is 31.2 Å². The Balaban J connectivity index is 2.01. The number of ether oxygens (including phenoxy) is 1. The third kappa shape index (κ3) is 4.74. The number of nitrogens with zero attached hydrogens (tertiary/aromatic N) is 1. The van der Waals surface area contributed by atoms with Crippen molar-refractivity contribution in [3.63, 3.8) is 0 Å². The zero-order valence-electron chi connectivity index (χ0n) is 14.0. The van der Waals surface area contributed by atoms with Crippen LogP contribution in [-0.4, -0.2) is 29.5 Å². The molecule has 24 heavy (non-hydrogen) atoms. The summed E-state index contributed by atoms with van der Waals surface area (Å²) >= 11 is 2.76. The lowest BCUT2D eigenvalue weighted by Gasteiger charge is -2.11. The average molecular weight is 367 g/mol. The van der Waals surface area contributed by atoms with Crippen molar-refractivity contribution in [3.05, 3.63) is 16.0 Å². The van der Waals surface area contributed by atoms with Gasteiger partial charge in [0.25, 0.3) is 0 Å². The van der Waals surface area contributed by atoms with Crippen molar-refractivity contribution < 1.29 is 14.3 Å². The number of thiophene rings is 1. The Labute approximate surface area is 150 Å². The number of nitriles is 1. The standard InChI is InChI=1S/C17H22N2O3S2/c1-3-22-15(20)10-23-11(2)16(21)19-17-13(9-18)12-7-5-4-6-8-14(12)24-17/h11H,3-8,10H2,1-2H3,(H,19,21). The molecule has 0 bridgehead atoms. The molecule has 1 amide bonds. The number of thioether (sulfide) groups is 1. The van der Waals surface area contributed by atoms with Gasteiger partial charge in [-0.05, 0) is 45.1 Å². The molecule has 130 valence electrons. The van der Waals surface area contributed by atoms with Crippen LogP contribution >= 0.6 is 23.1 Å². The van der Waals surface area contributed by atoms with Gasteiger partial charge in [0.2, 0.25) is 5.91 Å². The number of rotatable bonds is 6. The summed E-state index contributed by atoms with van der Waals surface area (Å²) in [6.45, 7) is 3.85. The van der Waals surface area contributed by atoms with E-state index in [1.165, 1.54) is 34.4 Å². The number of carbonyl (C=O) groups is 2. The minimum Gasteiger partial charge on any atom is -0.465 e. The predicted octanol–water partition coefficient (Wildman–Crippen LogP) is 3.51. The Bertz CT molecular complexity index is 649. The van der Waals surface area contributed by atoms with E-state index in [9.17, 15) is 14.9 Å². The van der Waals surface area contributed by atoms with E-state index in [2.05, 4.69) is 11.4 Å². The van der Waals surface area contributed by atoms with E-state index in [1.807, 2.05) is 0 Å². The largest absolute Gasteiger partial charge is 0.465 e. The predicted molar refractivity (Wildman–Crippen MR) is 97.5 cm³/mol. The highest BCUT2D eigenvalue weighted by Gasteiger charge is 2.23. The molecule has 0 saturated heterocycles. The van der Waals surface area contributed by atoms with Gasteiger partial charge in [-0.15, -0.1) is 23.1 Å². The van der Waals surface area contributed by atoms with Gasteiger partial charge in [-0.2, -0.15) is 5.26 Å². The number of anilines is 1. The topological polar surface area (TPSA) is 79.2 Å². The molecule has 1 heterocycles. The Hall–Kier alpha value is -1.52. The average Bonchev–Trinajstić information content (AvgIpc) is 2.72. The lowest BCUT2D eigenvalue weighted by molar-refractivity contribution is -0.139. The molecule has 1 atom stereocenters. The molecule has 1 aliphatic rings. The maximum absolute atomic E-state index is 12.3. The van der Waals surface area contributed by atoms with E-state index >= 15 is 0 Å². The van der Waals surface area contributed by atoms with E-state index in [1.54, 1.807) is 13.8 Å². The number of aryl methyl sites for hydroxylation is 1. The van der Waals surface area contributed by atoms with E-state index in [4.69, 9.17) is 4.74 Å². The zero-order chi connectivity index (χ0) is 17.5. The molecule has 0 saturated carbocycles. The Morgan fingerprint density at radius 1 is 1.38 bits per heavy atom. The highest BCUT2D eigenvalue weighted by molar-refractivity contribution is 8.01. The molecular formula is C17H22N2O3S2. The lowest BCUT2D eigenvalue weighted by Crippen LogP contribution is -2.24. The fourth-order valence-electron chi connectivity index (χ4n) is 2.63. The molecule has 0 spiro atoms. The lowest BCUT2D eigenvalue weighted by atomic mass is 10.1. The fraction of sp³-hybridized carbons (Fsp3) is 0.588. The summed E-state index contributed by atoms with van der Waals surface area (Å²) < 4.78 is 4.86. The maximum Gasteiger partial charge on any atom is 0.315 e. The summed E-state index contributed by atoms with van der Waals surface area (Å²) in [6.07, 6.45) is 5.32. The van der Waals surface area contributed by atoms with Crippen LogP contribution in [0.25, 0.3) is 0 Å². The fourth-order valence-corrected chi connectivity index (χ4v) is 4.56. The zero-order valence-corrected chi connectivity index (χ0v) is 15.6. The van der Waals surface area contributed by atoms with E-state index in [0.29, 0.717) is 17.2 Å². The van der Waals surface area contributed by atoms with Crippen molar-refractivity contribution in [1.29, 1.82) is 5.26 Å². The molecule has 0 aliphatic heterocycles. The Morgan fingerprint density at radius 3 is 2.83 bits per heavy atom. The van der Waals surface area contributed by atoms with Crippen LogP contribution < -0.4 is 5.32 Å². The van der Waals surface area contributed by atoms with Gasteiger partial charge in [0.05, 0.1) is 23.2 Å². The van der Waals surface area contributed by atoms with Crippen molar-refractivity contribution in [2.75, 3.05) is 17.7 Å². The second-order valence-corrected chi connectivity index (χ2v) is 8.06. The first-order chi connectivity index (χ1) is 11.6. The quantitative estimate of drug-likeness (QED) is 0.615. The van der Waals surface area contributed by atoms with Crippen LogP contribution in [0.3, 0.4) is 0 Å². The minimum atomic E-state index is -0.386. The molecule has 1 aromatic rings. The van der Waals surface area contributed by atoms with Crippen LogP contribution in [0.2, 0.25) is 0 Å². The number of hydrogen-bond donors (Lipinski definition) is 1. The Morgan fingerprint density at radius 2 is 2.12 bits per heavy atom. The van der Waals surface area contributed by atoms with E-state index in [-0.39, 0.29) is 22.9 Å². The SMILES string of the molecule is CCOC(=O)CSC(C)C(=O)Nc1sc2c(c1C#N)CCCCC2. The van der Waals surface area contributed by atoms with Crippen LogP contribution in [0.15, 0.2) is 0 Å². The van der Waals surface area contributed by atoms with Gasteiger partial charge in [-0.25, -0.2) is 0 Å². The molecule has 7 heteroatoms. The summed E-state index contributed by atoms with van der Waals surface area (Å²) in [5.74, 6) is -0.353. The van der Waals surface area contributed by atoms with Gasteiger partial charge in [0, 0.05) is 4.88 Å². The number of carbonyl (C=O) groups excluding carboxylic acids is 2. The van der Waals surface area contributed by atoms with Crippen LogP contribution in [-0.2, 0) is 27.2 Å². The van der Waals surface area contributed by atoms with Crippen molar-refractivity contribution in [2.24, 2.45) is 0 Å². The normalized spacial score (nSPS) is 14.9. The number of fused-ring (bicyclic) bond motifs is 1. The summed E-state index contributed by atoms with van der Waals surface area (Å²) in [6, 6.07) is 2.26. The molecule has 1 unspecified atom stereocenters. The molecule has 5 nitrogen and oxygen atoms in total. The first kappa shape index (κ1) is 18.8. The number of amides is 1. The summed E-state index contributed by atoms with van der Waals surface area (Å²) in [5, 5.41) is 12.6. The van der Waals surface area contributed by atoms with Crippen molar-refractivity contribution in [2.45, 2.75) is 51.2 Å². The molecule has 1 aliphatic carbocycles. The molecule has 0 radical (unpaired) electrons. The molecule has 0 fully saturated rings. The molecule has 1 N–H and O–H groups in total. The number of nitrogens with one attached hydrogen (secondary N) is 1. The van der Waals surface area contributed by atoms with Crippen LogP contribution in [0.1, 0.15) is 49.1 Å². The highest BCUT2D eigenvalue weighted by Crippen LogP contribution is 2.37. The molecule has 0 aromatic carbocycles. The van der Waals surface area contributed by atoms with Crippen LogP contribution in [0.5, 0.6) is 0 Å². The molecule has 1 aromatic heterocycles. The molecular weight excluding hydrogens is 344 g/mol. The van der Waals surface area contributed by atoms with Crippen molar-refractivity contribution in [1.82, 2.24) is 0 Å². The maximum atomic E-state index is 12.3. The highest BCUT2D eigenvalue weighted by atomic mass is 32.2. The van der Waals surface area contributed by atoms with Gasteiger partial charge < -0.3 is 10.1 Å². The van der Waals surface area contributed by atoms with Crippen molar-refractivity contribution in [3.8, 4) is 6.07 Å². The Kier molecular flexibility index (Phi) is 7.13. The monoisotopic (exact) mass is 366 g/mol. The van der Waals surface area contributed by atoms with Crippen LogP contribution in [0.4, 0.5) is 5.00 Å². The molecule has 2 rings (SSSR count). The van der Waals surface area contributed by atoms with Gasteiger partial charge in [0.1, 0.15) is 11.1 Å². The van der Waals surface area contributed by atoms with Crippen molar-refractivity contribution >= 4 is 40.0 Å². The van der Waals surface area contributed by atoms with Crippen LogP contribution in [0, 0.1) is 11.3 Å². The second-order valence-electron chi connectivity index (χ2n) is 5.63. The third-order valence-corrected chi connectivity index (χ3v) is 6.22. The van der Waals surface area contributed by atoms with E-state index < -0.39 is 0 Å². The van der Waals surface area contributed by atoms with Gasteiger partial charge in [-0.3, -0.25) is 9.59 Å². The first-order valence-corrected chi connectivity index (χ1v) is 10.1. The number of esters is 1. The van der Waals surface area contributed by atoms with Gasteiger partial charge >= 0.3 is 5.97 Å². The van der Waals surface area contributed by atoms with Gasteiger partial charge in [0.15, 0.2) is 0 Å². The first-order valence-electron chi connectivity index (χ1n) is 8.19. The smallest absolute Gasteiger partial charge is 0.315 e. The second kappa shape index (κ2) is 9.09. The minimum absolute atomic E-state index is 0.147. The summed E-state index contributed by atoms with van der Waals surface area (Å²) in [5.41, 5.74) is 1.73. The van der Waals surface area contributed by atoms with Gasteiger partial charge in [-0.1, -0.05) is 6.42 Å². The summed E-state index contributed by atoms with van der Waals surface area (Å²) in [7, 11) is 0.